The van der Waals surface area contributed by atoms with Crippen molar-refractivity contribution >= 4 is 51.5 Å². The molecule has 150 valence electrons. The fourth-order valence-electron chi connectivity index (χ4n) is 2.90. The van der Waals surface area contributed by atoms with Crippen molar-refractivity contribution in [3.05, 3.63) is 74.4 Å². The van der Waals surface area contributed by atoms with Gasteiger partial charge in [0.15, 0.2) is 0 Å². The molecule has 2 amide bonds. The molecule has 29 heavy (non-hydrogen) atoms. The van der Waals surface area contributed by atoms with E-state index in [1.807, 2.05) is 0 Å². The number of nitrogens with one attached hydrogen (secondary N) is 1. The number of aromatic nitrogens is 1. The van der Waals surface area contributed by atoms with E-state index in [0.717, 1.165) is 6.07 Å². The predicted molar refractivity (Wildman–Crippen MR) is 111 cm³/mol. The number of amides is 2. The summed E-state index contributed by atoms with van der Waals surface area (Å²) in [6.45, 7) is 1.51. The molecule has 6 nitrogen and oxygen atoms in total. The molecule has 0 aliphatic carbocycles. The Labute approximate surface area is 175 Å². The van der Waals surface area contributed by atoms with Gasteiger partial charge in [0.05, 0.1) is 17.1 Å². The quantitative estimate of drug-likeness (QED) is 0.639. The highest BCUT2D eigenvalue weighted by Crippen LogP contribution is 2.30. The van der Waals surface area contributed by atoms with Crippen molar-refractivity contribution in [2.75, 3.05) is 5.32 Å². The number of carbonyl (C=O) groups is 2. The van der Waals surface area contributed by atoms with E-state index in [4.69, 9.17) is 28.9 Å². The van der Waals surface area contributed by atoms with E-state index >= 15 is 0 Å². The molecule has 1 atom stereocenters. The van der Waals surface area contributed by atoms with E-state index in [2.05, 4.69) is 5.32 Å². The molecule has 0 aliphatic rings. The zero-order chi connectivity index (χ0) is 21.3. The van der Waals surface area contributed by atoms with Gasteiger partial charge in [0.25, 0.3) is 5.56 Å². The molecular weight excluding hydrogens is 420 g/mol. The molecule has 0 radical (unpaired) electrons. The summed E-state index contributed by atoms with van der Waals surface area (Å²) in [6.07, 6.45) is 1.16. The number of hydrogen-bond acceptors (Lipinski definition) is 3. The maximum Gasteiger partial charge on any atom is 0.259 e. The number of anilines is 1. The van der Waals surface area contributed by atoms with Crippen LogP contribution in [0.3, 0.4) is 0 Å². The van der Waals surface area contributed by atoms with Crippen LogP contribution in [0.4, 0.5) is 10.1 Å². The van der Waals surface area contributed by atoms with E-state index in [1.165, 1.54) is 42.0 Å². The number of nitrogens with zero attached hydrogens (tertiary/aromatic N) is 1. The summed E-state index contributed by atoms with van der Waals surface area (Å²) in [5.74, 6) is -1.77. The fourth-order valence-corrected chi connectivity index (χ4v) is 3.28. The van der Waals surface area contributed by atoms with Gasteiger partial charge in [-0.3, -0.25) is 14.4 Å². The average Bonchev–Trinajstić information content (AvgIpc) is 2.66. The molecule has 1 aromatic heterocycles. The maximum atomic E-state index is 13.9. The summed E-state index contributed by atoms with van der Waals surface area (Å²) in [5, 5.41) is 3.71. The number of pyridine rings is 1. The number of hydrogen-bond donors (Lipinski definition) is 2. The van der Waals surface area contributed by atoms with Gasteiger partial charge in [-0.05, 0) is 42.8 Å². The Kier molecular flexibility index (Phi) is 5.91. The fraction of sp³-hybridized carbons (Fsp3) is 0.150. The van der Waals surface area contributed by atoms with Gasteiger partial charge in [0.1, 0.15) is 11.9 Å². The number of halogens is 3. The zero-order valence-electron chi connectivity index (χ0n) is 15.2. The number of fused-ring (bicyclic) bond motifs is 1. The number of carbonyl (C=O) groups excluding carboxylic acids is 2. The lowest BCUT2D eigenvalue weighted by Crippen LogP contribution is -2.31. The van der Waals surface area contributed by atoms with Crippen LogP contribution in [-0.2, 0) is 16.0 Å². The van der Waals surface area contributed by atoms with Crippen LogP contribution < -0.4 is 16.6 Å². The van der Waals surface area contributed by atoms with Gasteiger partial charge in [-0.1, -0.05) is 29.3 Å². The lowest BCUT2D eigenvalue weighted by molar-refractivity contribution is -0.120. The van der Waals surface area contributed by atoms with E-state index in [0.29, 0.717) is 5.39 Å². The molecular formula is C20H16Cl2FN3O3. The molecule has 0 spiro atoms. The molecule has 0 bridgehead atoms. The Morgan fingerprint density at radius 2 is 1.90 bits per heavy atom. The molecule has 2 aromatic carbocycles. The first-order chi connectivity index (χ1) is 13.7. The highest BCUT2D eigenvalue weighted by atomic mass is 35.5. The number of nitrogens with two attached hydrogens (primary N) is 1. The van der Waals surface area contributed by atoms with E-state index in [-0.39, 0.29) is 33.1 Å². The van der Waals surface area contributed by atoms with Gasteiger partial charge in [-0.2, -0.15) is 0 Å². The standard InChI is InChI=1S/C20H16Cl2FN3O3/c1-10(19(24)28)26-7-6-13-14(20(26)29)4-5-15(22)18(13)25-17(27)8-11-2-3-12(21)9-16(11)23/h2-7,9-10H,8H2,1H3,(H2,24,28)(H,25,27)/t10-/m1/s1. The summed E-state index contributed by atoms with van der Waals surface area (Å²) in [6, 6.07) is 7.71. The Morgan fingerprint density at radius 3 is 2.55 bits per heavy atom. The minimum Gasteiger partial charge on any atom is -0.368 e. The van der Waals surface area contributed by atoms with Crippen LogP contribution in [0.15, 0.2) is 47.4 Å². The Morgan fingerprint density at radius 1 is 1.17 bits per heavy atom. The number of rotatable bonds is 5. The highest BCUT2D eigenvalue weighted by molar-refractivity contribution is 6.35. The van der Waals surface area contributed by atoms with Crippen molar-refractivity contribution in [1.82, 2.24) is 4.57 Å². The van der Waals surface area contributed by atoms with Crippen molar-refractivity contribution in [1.29, 1.82) is 0 Å². The first-order valence-electron chi connectivity index (χ1n) is 8.55. The van der Waals surface area contributed by atoms with Crippen LogP contribution in [-0.4, -0.2) is 16.4 Å². The van der Waals surface area contributed by atoms with Crippen molar-refractivity contribution in [2.24, 2.45) is 5.73 Å². The molecule has 3 rings (SSSR count). The van der Waals surface area contributed by atoms with Crippen molar-refractivity contribution < 1.29 is 14.0 Å². The van der Waals surface area contributed by atoms with Crippen LogP contribution in [0.25, 0.3) is 10.8 Å². The van der Waals surface area contributed by atoms with Gasteiger partial charge < -0.3 is 15.6 Å². The van der Waals surface area contributed by atoms with Gasteiger partial charge >= 0.3 is 0 Å². The van der Waals surface area contributed by atoms with Crippen LogP contribution >= 0.6 is 23.2 Å². The lowest BCUT2D eigenvalue weighted by atomic mass is 10.1. The third-order valence-corrected chi connectivity index (χ3v) is 5.07. The topological polar surface area (TPSA) is 94.2 Å². The lowest BCUT2D eigenvalue weighted by Gasteiger charge is -2.15. The van der Waals surface area contributed by atoms with Crippen LogP contribution in [0.2, 0.25) is 10.0 Å². The summed E-state index contributed by atoms with van der Waals surface area (Å²) in [7, 11) is 0. The summed E-state index contributed by atoms with van der Waals surface area (Å²) in [5.41, 5.74) is 5.22. The summed E-state index contributed by atoms with van der Waals surface area (Å²) < 4.78 is 15.1. The van der Waals surface area contributed by atoms with E-state index < -0.39 is 29.2 Å². The average molecular weight is 436 g/mol. The first kappa shape index (κ1) is 20.8. The number of primary amides is 1. The van der Waals surface area contributed by atoms with Crippen molar-refractivity contribution in [3.8, 4) is 0 Å². The SMILES string of the molecule is C[C@H](C(N)=O)n1ccc2c(NC(=O)Cc3ccc(Cl)cc3F)c(Cl)ccc2c1=O. The van der Waals surface area contributed by atoms with Crippen molar-refractivity contribution in [3.63, 3.8) is 0 Å². The molecule has 9 heteroatoms. The number of benzene rings is 2. The smallest absolute Gasteiger partial charge is 0.259 e. The third-order valence-electron chi connectivity index (χ3n) is 4.52. The zero-order valence-corrected chi connectivity index (χ0v) is 16.7. The molecule has 3 aromatic rings. The van der Waals surface area contributed by atoms with Crippen molar-refractivity contribution in [2.45, 2.75) is 19.4 Å². The first-order valence-corrected chi connectivity index (χ1v) is 9.31. The summed E-state index contributed by atoms with van der Waals surface area (Å²) in [4.78, 5) is 36.6. The maximum absolute atomic E-state index is 13.9. The van der Waals surface area contributed by atoms with Gasteiger partial charge in [-0.15, -0.1) is 0 Å². The molecule has 0 aliphatic heterocycles. The molecule has 0 unspecified atom stereocenters. The van der Waals surface area contributed by atoms with Gasteiger partial charge in [0.2, 0.25) is 11.8 Å². The Hall–Kier alpha value is -2.90. The van der Waals surface area contributed by atoms with E-state index in [1.54, 1.807) is 6.07 Å². The van der Waals surface area contributed by atoms with Gasteiger partial charge in [0, 0.05) is 22.0 Å². The third kappa shape index (κ3) is 4.26. The second-order valence-corrected chi connectivity index (χ2v) is 7.29. The monoisotopic (exact) mass is 435 g/mol. The van der Waals surface area contributed by atoms with Gasteiger partial charge in [-0.25, -0.2) is 4.39 Å². The largest absolute Gasteiger partial charge is 0.368 e. The minimum absolute atomic E-state index is 0.167. The van der Waals surface area contributed by atoms with E-state index in [9.17, 15) is 18.8 Å². The molecule has 3 N–H and O–H groups in total. The van der Waals surface area contributed by atoms with Crippen LogP contribution in [0, 0.1) is 5.82 Å². The second kappa shape index (κ2) is 8.23. The molecule has 0 fully saturated rings. The second-order valence-electron chi connectivity index (χ2n) is 6.45. The Bertz CT molecular complexity index is 1190. The predicted octanol–water partition coefficient (Wildman–Crippen LogP) is 3.67. The minimum atomic E-state index is -0.839. The Balaban J connectivity index is 1.97. The normalized spacial score (nSPS) is 12.0. The van der Waals surface area contributed by atoms with Crippen LogP contribution in [0.1, 0.15) is 18.5 Å². The molecule has 0 saturated heterocycles. The highest BCUT2D eigenvalue weighted by Gasteiger charge is 2.18. The summed E-state index contributed by atoms with van der Waals surface area (Å²) >= 11 is 11.9. The molecule has 1 heterocycles. The van der Waals surface area contributed by atoms with Crippen LogP contribution in [0.5, 0.6) is 0 Å². The molecule has 0 saturated carbocycles.